The minimum atomic E-state index is -0.746. The highest BCUT2D eigenvalue weighted by molar-refractivity contribution is 6.17. The first-order valence-electron chi connectivity index (χ1n) is 4.43. The van der Waals surface area contributed by atoms with Gasteiger partial charge in [-0.05, 0) is 18.9 Å². The zero-order valence-corrected chi connectivity index (χ0v) is 8.05. The van der Waals surface area contributed by atoms with Crippen LogP contribution in [0.25, 0.3) is 0 Å². The Morgan fingerprint density at radius 2 is 2.50 bits per heavy atom. The van der Waals surface area contributed by atoms with Crippen LogP contribution in [0.4, 0.5) is 4.39 Å². The monoisotopic (exact) mass is 197 g/mol. The molecular formula is C10H12FNO2. The van der Waals surface area contributed by atoms with Gasteiger partial charge in [0.1, 0.15) is 5.57 Å². The minimum absolute atomic E-state index is 0.0758. The molecule has 1 aliphatic rings. The Labute approximate surface area is 82.0 Å². The number of ether oxygens (including phenoxy) is 1. The SMILES string of the molecule is C=CC1=C(C(=O)OCC)C(F)=NCC1. The number of hydrogen-bond donors (Lipinski definition) is 0. The van der Waals surface area contributed by atoms with Crippen LogP contribution in [0.3, 0.4) is 0 Å². The van der Waals surface area contributed by atoms with E-state index in [-0.39, 0.29) is 12.2 Å². The maximum absolute atomic E-state index is 13.2. The van der Waals surface area contributed by atoms with Crippen molar-refractivity contribution in [1.82, 2.24) is 0 Å². The molecule has 0 saturated carbocycles. The summed E-state index contributed by atoms with van der Waals surface area (Å²) in [6.07, 6.45) is 2.01. The van der Waals surface area contributed by atoms with Gasteiger partial charge in [0, 0.05) is 6.54 Å². The van der Waals surface area contributed by atoms with Gasteiger partial charge in [-0.2, -0.15) is 4.39 Å². The van der Waals surface area contributed by atoms with E-state index in [1.807, 2.05) is 0 Å². The topological polar surface area (TPSA) is 38.7 Å². The lowest BCUT2D eigenvalue weighted by molar-refractivity contribution is -0.138. The van der Waals surface area contributed by atoms with Gasteiger partial charge in [0.2, 0.25) is 5.97 Å². The third-order valence-electron chi connectivity index (χ3n) is 1.89. The van der Waals surface area contributed by atoms with Crippen LogP contribution in [-0.2, 0) is 9.53 Å². The second-order valence-corrected chi connectivity index (χ2v) is 2.75. The molecule has 4 heteroatoms. The summed E-state index contributed by atoms with van der Waals surface area (Å²) in [6, 6.07) is 0. The van der Waals surface area contributed by atoms with Gasteiger partial charge >= 0.3 is 5.97 Å². The zero-order chi connectivity index (χ0) is 10.6. The zero-order valence-electron chi connectivity index (χ0n) is 8.05. The molecule has 0 aromatic carbocycles. The quantitative estimate of drug-likeness (QED) is 0.647. The second kappa shape index (κ2) is 4.69. The van der Waals surface area contributed by atoms with Crippen molar-refractivity contribution >= 4 is 11.9 Å². The van der Waals surface area contributed by atoms with Crippen LogP contribution in [0.2, 0.25) is 0 Å². The molecule has 0 fully saturated rings. The lowest BCUT2D eigenvalue weighted by Crippen LogP contribution is -2.18. The number of nitrogens with zero attached hydrogens (tertiary/aromatic N) is 1. The molecule has 0 saturated heterocycles. The fourth-order valence-electron chi connectivity index (χ4n) is 1.23. The van der Waals surface area contributed by atoms with Gasteiger partial charge in [0.15, 0.2) is 0 Å². The molecule has 0 aliphatic carbocycles. The number of hydrogen-bond acceptors (Lipinski definition) is 3. The van der Waals surface area contributed by atoms with E-state index in [9.17, 15) is 9.18 Å². The number of aliphatic imine (C=N–C) groups is 1. The summed E-state index contributed by atoms with van der Waals surface area (Å²) in [6.45, 7) is 5.77. The van der Waals surface area contributed by atoms with E-state index < -0.39 is 11.9 Å². The number of rotatable bonds is 3. The number of dihydropyridines is 1. The first kappa shape index (κ1) is 10.6. The first-order valence-corrected chi connectivity index (χ1v) is 4.43. The smallest absolute Gasteiger partial charge is 0.343 e. The molecule has 0 unspecified atom stereocenters. The lowest BCUT2D eigenvalue weighted by atomic mass is 10.0. The Morgan fingerprint density at radius 1 is 1.79 bits per heavy atom. The molecule has 0 aromatic heterocycles. The Bertz CT molecular complexity index is 318. The Kier molecular flexibility index (Phi) is 3.56. The predicted octanol–water partition coefficient (Wildman–Crippen LogP) is 1.80. The molecule has 0 bridgehead atoms. The Hall–Kier alpha value is -1.45. The molecule has 0 N–H and O–H groups in total. The highest BCUT2D eigenvalue weighted by Gasteiger charge is 2.23. The summed E-state index contributed by atoms with van der Waals surface area (Å²) in [5.41, 5.74) is 0.490. The van der Waals surface area contributed by atoms with E-state index in [0.29, 0.717) is 18.5 Å². The van der Waals surface area contributed by atoms with Crippen molar-refractivity contribution in [1.29, 1.82) is 0 Å². The molecule has 1 heterocycles. The third-order valence-corrected chi connectivity index (χ3v) is 1.89. The molecule has 0 amide bonds. The van der Waals surface area contributed by atoms with Crippen LogP contribution < -0.4 is 0 Å². The van der Waals surface area contributed by atoms with Crippen molar-refractivity contribution in [2.75, 3.05) is 13.2 Å². The van der Waals surface area contributed by atoms with Gasteiger partial charge in [0.25, 0.3) is 0 Å². The molecule has 0 radical (unpaired) electrons. The van der Waals surface area contributed by atoms with Crippen LogP contribution >= 0.6 is 0 Å². The molecule has 1 rings (SSSR count). The van der Waals surface area contributed by atoms with Crippen molar-refractivity contribution in [2.24, 2.45) is 4.99 Å². The van der Waals surface area contributed by atoms with Gasteiger partial charge in [-0.1, -0.05) is 12.7 Å². The van der Waals surface area contributed by atoms with E-state index >= 15 is 0 Å². The molecule has 76 valence electrons. The summed E-state index contributed by atoms with van der Waals surface area (Å²) in [7, 11) is 0. The van der Waals surface area contributed by atoms with Crippen molar-refractivity contribution < 1.29 is 13.9 Å². The Morgan fingerprint density at radius 3 is 3.07 bits per heavy atom. The molecular weight excluding hydrogens is 185 g/mol. The number of carbonyl (C=O) groups is 1. The normalized spacial score (nSPS) is 16.3. The minimum Gasteiger partial charge on any atom is -0.462 e. The summed E-state index contributed by atoms with van der Waals surface area (Å²) in [5, 5.41) is 0. The molecule has 0 atom stereocenters. The highest BCUT2D eigenvalue weighted by Crippen LogP contribution is 2.19. The molecule has 3 nitrogen and oxygen atoms in total. The lowest BCUT2D eigenvalue weighted by Gasteiger charge is -2.12. The van der Waals surface area contributed by atoms with Crippen molar-refractivity contribution in [3.8, 4) is 0 Å². The predicted molar refractivity (Wildman–Crippen MR) is 51.9 cm³/mol. The van der Waals surface area contributed by atoms with Crippen molar-refractivity contribution in [3.63, 3.8) is 0 Å². The average molecular weight is 197 g/mol. The summed E-state index contributed by atoms with van der Waals surface area (Å²) < 4.78 is 17.9. The molecule has 14 heavy (non-hydrogen) atoms. The van der Waals surface area contributed by atoms with E-state index in [1.165, 1.54) is 6.08 Å². The molecule has 0 aromatic rings. The van der Waals surface area contributed by atoms with E-state index in [0.717, 1.165) is 0 Å². The fraction of sp³-hybridized carbons (Fsp3) is 0.400. The first-order chi connectivity index (χ1) is 6.70. The van der Waals surface area contributed by atoms with Gasteiger partial charge < -0.3 is 4.74 Å². The van der Waals surface area contributed by atoms with Crippen molar-refractivity contribution in [3.05, 3.63) is 23.8 Å². The number of carbonyl (C=O) groups excluding carboxylic acids is 1. The summed E-state index contributed by atoms with van der Waals surface area (Å²) in [4.78, 5) is 14.9. The van der Waals surface area contributed by atoms with Gasteiger partial charge in [-0.3, -0.25) is 4.99 Å². The van der Waals surface area contributed by atoms with Crippen molar-refractivity contribution in [2.45, 2.75) is 13.3 Å². The third kappa shape index (κ3) is 2.07. The number of esters is 1. The maximum Gasteiger partial charge on any atom is 0.343 e. The van der Waals surface area contributed by atoms with Crippen LogP contribution in [-0.4, -0.2) is 25.1 Å². The highest BCUT2D eigenvalue weighted by atomic mass is 19.1. The molecule has 1 aliphatic heterocycles. The fourth-order valence-corrected chi connectivity index (χ4v) is 1.23. The summed E-state index contributed by atoms with van der Waals surface area (Å²) in [5.74, 6) is -1.41. The van der Waals surface area contributed by atoms with Crippen LogP contribution in [0.15, 0.2) is 28.8 Å². The van der Waals surface area contributed by atoms with E-state index in [1.54, 1.807) is 6.92 Å². The Balaban J connectivity index is 3.00. The van der Waals surface area contributed by atoms with Gasteiger partial charge in [-0.15, -0.1) is 0 Å². The average Bonchev–Trinajstić information content (AvgIpc) is 2.17. The maximum atomic E-state index is 13.2. The van der Waals surface area contributed by atoms with Crippen LogP contribution in [0, 0.1) is 0 Å². The largest absolute Gasteiger partial charge is 0.462 e. The molecule has 0 spiro atoms. The van der Waals surface area contributed by atoms with E-state index in [2.05, 4.69) is 11.6 Å². The van der Waals surface area contributed by atoms with Crippen LogP contribution in [0.1, 0.15) is 13.3 Å². The van der Waals surface area contributed by atoms with E-state index in [4.69, 9.17) is 4.74 Å². The second-order valence-electron chi connectivity index (χ2n) is 2.75. The summed E-state index contributed by atoms with van der Waals surface area (Å²) >= 11 is 0. The van der Waals surface area contributed by atoms with Crippen LogP contribution in [0.5, 0.6) is 0 Å². The standard InChI is InChI=1S/C10H12FNO2/c1-3-7-5-6-12-9(11)8(7)10(13)14-4-2/h3H,1,4-6H2,2H3. The van der Waals surface area contributed by atoms with Gasteiger partial charge in [0.05, 0.1) is 6.61 Å². The number of halogens is 1. The number of allylic oxidation sites excluding steroid dienone is 1. The van der Waals surface area contributed by atoms with Gasteiger partial charge in [-0.25, -0.2) is 4.79 Å².